The Kier molecular flexibility index (Phi) is 4.54. The van der Waals surface area contributed by atoms with Crippen LogP contribution in [0.4, 0.5) is 4.39 Å². The van der Waals surface area contributed by atoms with E-state index in [4.69, 9.17) is 9.15 Å². The second-order valence-corrected chi connectivity index (χ2v) is 6.58. The summed E-state index contributed by atoms with van der Waals surface area (Å²) in [5.74, 6) is -1.35. The van der Waals surface area contributed by atoms with E-state index in [-0.39, 0.29) is 31.4 Å². The minimum atomic E-state index is -1.69. The van der Waals surface area contributed by atoms with Crippen LogP contribution in [-0.2, 0) is 9.53 Å². The Labute approximate surface area is 145 Å². The maximum Gasteiger partial charge on any atom is 0.341 e. The van der Waals surface area contributed by atoms with Gasteiger partial charge in [-0.25, -0.2) is 9.18 Å². The number of ether oxygens (including phenoxy) is 1. The van der Waals surface area contributed by atoms with Crippen molar-refractivity contribution >= 4 is 22.8 Å². The van der Waals surface area contributed by atoms with Crippen molar-refractivity contribution in [3.63, 3.8) is 0 Å². The van der Waals surface area contributed by atoms with Gasteiger partial charge in [0.1, 0.15) is 5.58 Å². The SMILES string of the molecule is CCOC(=O)C(F)C1CN(C(=O)c2oc3c(C)ccc(C)c3c2C)C1. The number of alkyl halides is 1. The van der Waals surface area contributed by atoms with Gasteiger partial charge in [-0.1, -0.05) is 12.1 Å². The highest BCUT2D eigenvalue weighted by atomic mass is 19.1. The Balaban J connectivity index is 1.77. The van der Waals surface area contributed by atoms with Crippen LogP contribution in [0.15, 0.2) is 16.5 Å². The van der Waals surface area contributed by atoms with Crippen LogP contribution in [0.25, 0.3) is 11.0 Å². The van der Waals surface area contributed by atoms with Crippen LogP contribution in [0.5, 0.6) is 0 Å². The molecule has 1 aromatic heterocycles. The number of esters is 1. The molecule has 0 radical (unpaired) electrons. The third-order valence-electron chi connectivity index (χ3n) is 4.80. The molecule has 1 aliphatic rings. The molecule has 1 unspecified atom stereocenters. The van der Waals surface area contributed by atoms with Crippen molar-refractivity contribution in [2.24, 2.45) is 5.92 Å². The van der Waals surface area contributed by atoms with Crippen molar-refractivity contribution in [2.45, 2.75) is 33.9 Å². The molecule has 1 amide bonds. The first-order valence-electron chi connectivity index (χ1n) is 8.44. The Morgan fingerprint density at radius 3 is 2.52 bits per heavy atom. The highest BCUT2D eigenvalue weighted by Gasteiger charge is 2.42. The summed E-state index contributed by atoms with van der Waals surface area (Å²) in [6, 6.07) is 3.96. The van der Waals surface area contributed by atoms with Gasteiger partial charge in [-0.2, -0.15) is 0 Å². The molecular formula is C19H22FNO4. The number of rotatable bonds is 4. The molecule has 134 valence electrons. The number of nitrogens with zero attached hydrogens (tertiary/aromatic N) is 1. The second-order valence-electron chi connectivity index (χ2n) is 6.58. The van der Waals surface area contributed by atoms with Crippen molar-refractivity contribution < 1.29 is 23.1 Å². The van der Waals surface area contributed by atoms with Gasteiger partial charge in [0.25, 0.3) is 5.91 Å². The molecule has 3 rings (SSSR count). The Morgan fingerprint density at radius 2 is 1.92 bits per heavy atom. The van der Waals surface area contributed by atoms with Crippen LogP contribution in [0.1, 0.15) is 34.2 Å². The molecule has 2 heterocycles. The summed E-state index contributed by atoms with van der Waals surface area (Å²) in [6.45, 7) is 7.93. The molecule has 0 aliphatic carbocycles. The van der Waals surface area contributed by atoms with Crippen LogP contribution in [0.3, 0.4) is 0 Å². The summed E-state index contributed by atoms with van der Waals surface area (Å²) in [4.78, 5) is 25.7. The maximum absolute atomic E-state index is 14.0. The first kappa shape index (κ1) is 17.5. The summed E-state index contributed by atoms with van der Waals surface area (Å²) >= 11 is 0. The number of fused-ring (bicyclic) bond motifs is 1. The minimum Gasteiger partial charge on any atom is -0.464 e. The predicted octanol–water partition coefficient (Wildman–Crippen LogP) is 3.33. The van der Waals surface area contributed by atoms with Crippen molar-refractivity contribution in [1.82, 2.24) is 4.90 Å². The molecule has 0 saturated carbocycles. The number of carbonyl (C=O) groups is 2. The van der Waals surface area contributed by atoms with Crippen LogP contribution >= 0.6 is 0 Å². The highest BCUT2D eigenvalue weighted by molar-refractivity contribution is 6.00. The molecule has 0 bridgehead atoms. The van der Waals surface area contributed by atoms with Gasteiger partial charge in [-0.15, -0.1) is 0 Å². The molecule has 1 aromatic carbocycles. The highest BCUT2D eigenvalue weighted by Crippen LogP contribution is 2.33. The number of hydrogen-bond donors (Lipinski definition) is 0. The first-order valence-corrected chi connectivity index (χ1v) is 8.44. The largest absolute Gasteiger partial charge is 0.464 e. The fourth-order valence-electron chi connectivity index (χ4n) is 3.30. The number of furan rings is 1. The average Bonchev–Trinajstić information content (AvgIpc) is 2.88. The molecule has 1 saturated heterocycles. The zero-order valence-corrected chi connectivity index (χ0v) is 14.9. The Morgan fingerprint density at radius 1 is 1.28 bits per heavy atom. The zero-order chi connectivity index (χ0) is 18.3. The first-order chi connectivity index (χ1) is 11.8. The topological polar surface area (TPSA) is 59.8 Å². The lowest BCUT2D eigenvalue weighted by atomic mass is 9.94. The third-order valence-corrected chi connectivity index (χ3v) is 4.80. The van der Waals surface area contributed by atoms with Gasteiger partial charge in [-0.05, 0) is 38.8 Å². The van der Waals surface area contributed by atoms with E-state index < -0.39 is 18.1 Å². The lowest BCUT2D eigenvalue weighted by Gasteiger charge is -2.39. The second kappa shape index (κ2) is 6.50. The smallest absolute Gasteiger partial charge is 0.341 e. The molecule has 1 fully saturated rings. The normalized spacial score (nSPS) is 16.0. The van der Waals surface area contributed by atoms with Gasteiger partial charge < -0.3 is 14.1 Å². The molecule has 0 N–H and O–H groups in total. The van der Waals surface area contributed by atoms with E-state index in [2.05, 4.69) is 0 Å². The van der Waals surface area contributed by atoms with Crippen LogP contribution in [0.2, 0.25) is 0 Å². The number of carbonyl (C=O) groups excluding carboxylic acids is 2. The van der Waals surface area contributed by atoms with Crippen molar-refractivity contribution in [3.05, 3.63) is 34.6 Å². The standard InChI is InChI=1S/C19H22FNO4/c1-5-24-19(23)15(20)13-8-21(9-13)18(22)17-12(4)14-10(2)6-7-11(3)16(14)25-17/h6-7,13,15H,5,8-9H2,1-4H3. The van der Waals surface area contributed by atoms with Crippen LogP contribution in [-0.4, -0.2) is 42.6 Å². The molecule has 1 aliphatic heterocycles. The van der Waals surface area contributed by atoms with Crippen molar-refractivity contribution in [2.75, 3.05) is 19.7 Å². The van der Waals surface area contributed by atoms with Crippen LogP contribution < -0.4 is 0 Å². The third kappa shape index (κ3) is 2.90. The molecule has 6 heteroatoms. The Bertz CT molecular complexity index is 836. The maximum atomic E-state index is 14.0. The lowest BCUT2D eigenvalue weighted by Crippen LogP contribution is -2.55. The van der Waals surface area contributed by atoms with Gasteiger partial charge in [-0.3, -0.25) is 4.79 Å². The van der Waals surface area contributed by atoms with Crippen LogP contribution in [0, 0.1) is 26.7 Å². The fourth-order valence-corrected chi connectivity index (χ4v) is 3.30. The number of aryl methyl sites for hydroxylation is 3. The number of hydrogen-bond acceptors (Lipinski definition) is 4. The average molecular weight is 347 g/mol. The van der Waals surface area contributed by atoms with E-state index >= 15 is 0 Å². The number of likely N-dealkylation sites (tertiary alicyclic amines) is 1. The monoisotopic (exact) mass is 347 g/mol. The van der Waals surface area contributed by atoms with Crippen molar-refractivity contribution in [3.8, 4) is 0 Å². The van der Waals surface area contributed by atoms with E-state index in [9.17, 15) is 14.0 Å². The minimum absolute atomic E-state index is 0.144. The fraction of sp³-hybridized carbons (Fsp3) is 0.474. The number of halogens is 1. The molecule has 2 aromatic rings. The van der Waals surface area contributed by atoms with Gasteiger partial charge in [0.05, 0.1) is 6.61 Å². The van der Waals surface area contributed by atoms with E-state index in [1.54, 1.807) is 6.92 Å². The van der Waals surface area contributed by atoms with E-state index in [0.29, 0.717) is 5.58 Å². The van der Waals surface area contributed by atoms with E-state index in [1.165, 1.54) is 4.90 Å². The summed E-state index contributed by atoms with van der Waals surface area (Å²) in [5, 5.41) is 0.954. The molecule has 5 nitrogen and oxygen atoms in total. The van der Waals surface area contributed by atoms with Gasteiger partial charge in [0, 0.05) is 30.0 Å². The summed E-state index contributed by atoms with van der Waals surface area (Å²) in [6.07, 6.45) is -1.69. The summed E-state index contributed by atoms with van der Waals surface area (Å²) < 4.78 is 24.5. The molecule has 0 spiro atoms. The quantitative estimate of drug-likeness (QED) is 0.796. The lowest BCUT2D eigenvalue weighted by molar-refractivity contribution is -0.153. The Hall–Kier alpha value is -2.37. The summed E-state index contributed by atoms with van der Waals surface area (Å²) in [5.41, 5.74) is 3.53. The van der Waals surface area contributed by atoms with Gasteiger partial charge >= 0.3 is 5.97 Å². The van der Waals surface area contributed by atoms with E-state index in [0.717, 1.165) is 22.1 Å². The van der Waals surface area contributed by atoms with Gasteiger partial charge in [0.2, 0.25) is 6.17 Å². The number of amides is 1. The van der Waals surface area contributed by atoms with Crippen molar-refractivity contribution in [1.29, 1.82) is 0 Å². The predicted molar refractivity (Wildman–Crippen MR) is 91.3 cm³/mol. The number of benzene rings is 1. The molecule has 1 atom stereocenters. The molecule has 25 heavy (non-hydrogen) atoms. The summed E-state index contributed by atoms with van der Waals surface area (Å²) in [7, 11) is 0. The zero-order valence-electron chi connectivity index (χ0n) is 14.9. The van der Waals surface area contributed by atoms with Gasteiger partial charge in [0.15, 0.2) is 5.76 Å². The molecular weight excluding hydrogens is 325 g/mol. The van der Waals surface area contributed by atoms with E-state index in [1.807, 2.05) is 32.9 Å².